The van der Waals surface area contributed by atoms with E-state index in [9.17, 15) is 21.6 Å². The number of rotatable bonds is 7. The summed E-state index contributed by atoms with van der Waals surface area (Å²) in [5, 5.41) is 9.76. The summed E-state index contributed by atoms with van der Waals surface area (Å²) in [6.45, 7) is 4.01. The summed E-state index contributed by atoms with van der Waals surface area (Å²) < 4.78 is 48.0. The zero-order valence-corrected chi connectivity index (χ0v) is 23.7. The molecule has 1 atom stereocenters. The number of H-pyrrole nitrogens is 1. The molecular formula is C27H33N5O6S2. The standard InChI is InChI=1S/C13H15N3O2.2C7H9NO2S/c14-12(6-11-7-15-9-16-11)13(17)18-8-10-4-2-1-3-5-10;2*1-6-2-4-7(5-3-6)11(8,9)10/h1-5,7,9,12H,6,8,14H2,(H,15,16);2*2-5H,1H3,(H2,8,9,10)/t12-;;/m0../s1. The molecule has 0 radical (unpaired) electrons. The van der Waals surface area contributed by atoms with Crippen molar-refractivity contribution in [3.8, 4) is 0 Å². The molecular weight excluding hydrogens is 554 g/mol. The first-order valence-corrected chi connectivity index (χ1v) is 15.0. The van der Waals surface area contributed by atoms with Gasteiger partial charge in [0.05, 0.1) is 21.8 Å². The van der Waals surface area contributed by atoms with Crippen molar-refractivity contribution in [2.45, 2.75) is 42.7 Å². The van der Waals surface area contributed by atoms with Gasteiger partial charge in [-0.1, -0.05) is 65.7 Å². The highest BCUT2D eigenvalue weighted by Crippen LogP contribution is 2.08. The van der Waals surface area contributed by atoms with Crippen molar-refractivity contribution in [3.63, 3.8) is 0 Å². The SMILES string of the molecule is Cc1ccc(S(N)(=O)=O)cc1.Cc1ccc(S(N)(=O)=O)cc1.N[C@@H](Cc1c[nH]cn1)C(=O)OCc1ccccc1. The van der Waals surface area contributed by atoms with E-state index in [0.717, 1.165) is 22.4 Å². The maximum atomic E-state index is 11.7. The fourth-order valence-corrected chi connectivity index (χ4v) is 4.03. The predicted octanol–water partition coefficient (Wildman–Crippen LogP) is 2.31. The van der Waals surface area contributed by atoms with Crippen LogP contribution in [0.4, 0.5) is 0 Å². The van der Waals surface area contributed by atoms with Crippen molar-refractivity contribution in [1.29, 1.82) is 0 Å². The Morgan fingerprint density at radius 3 is 1.70 bits per heavy atom. The minimum absolute atomic E-state index is 0.156. The van der Waals surface area contributed by atoms with E-state index in [1.807, 2.05) is 44.2 Å². The zero-order valence-electron chi connectivity index (χ0n) is 22.1. The first kappa shape index (κ1) is 32.3. The summed E-state index contributed by atoms with van der Waals surface area (Å²) in [6, 6.07) is 21.6. The van der Waals surface area contributed by atoms with Crippen molar-refractivity contribution in [1.82, 2.24) is 9.97 Å². The Balaban J connectivity index is 0.000000222. The van der Waals surface area contributed by atoms with Gasteiger partial charge in [-0.2, -0.15) is 0 Å². The summed E-state index contributed by atoms with van der Waals surface area (Å²) in [6.07, 6.45) is 3.64. The Hall–Kier alpha value is -3.88. The number of nitrogens with zero attached hydrogens (tertiary/aromatic N) is 1. The average molecular weight is 588 g/mol. The lowest BCUT2D eigenvalue weighted by molar-refractivity contribution is -0.146. The number of aromatic nitrogens is 2. The lowest BCUT2D eigenvalue weighted by Crippen LogP contribution is -2.34. The molecule has 0 bridgehead atoms. The number of carbonyl (C=O) groups is 1. The lowest BCUT2D eigenvalue weighted by atomic mass is 10.2. The van der Waals surface area contributed by atoms with Crippen LogP contribution in [-0.2, 0) is 42.6 Å². The number of hydrogen-bond acceptors (Lipinski definition) is 8. The highest BCUT2D eigenvalue weighted by Gasteiger charge is 2.16. The third-order valence-corrected chi connectivity index (χ3v) is 7.07. The minimum atomic E-state index is -3.52. The lowest BCUT2D eigenvalue weighted by Gasteiger charge is -2.10. The molecule has 0 unspecified atom stereocenters. The number of aryl methyl sites for hydroxylation is 2. The number of aromatic amines is 1. The van der Waals surface area contributed by atoms with E-state index in [4.69, 9.17) is 20.7 Å². The normalized spacial score (nSPS) is 11.7. The van der Waals surface area contributed by atoms with Crippen LogP contribution >= 0.6 is 0 Å². The summed E-state index contributed by atoms with van der Waals surface area (Å²) >= 11 is 0. The van der Waals surface area contributed by atoms with Crippen LogP contribution < -0.4 is 16.0 Å². The molecule has 1 heterocycles. The van der Waals surface area contributed by atoms with Crippen molar-refractivity contribution in [2.75, 3.05) is 0 Å². The number of benzene rings is 3. The second-order valence-corrected chi connectivity index (χ2v) is 11.8. The van der Waals surface area contributed by atoms with Gasteiger partial charge in [0, 0.05) is 12.6 Å². The van der Waals surface area contributed by atoms with Crippen molar-refractivity contribution in [3.05, 3.63) is 114 Å². The van der Waals surface area contributed by atoms with Gasteiger partial charge in [0.1, 0.15) is 12.6 Å². The fourth-order valence-electron chi connectivity index (χ4n) is 3.00. The fraction of sp³-hybridized carbons (Fsp3) is 0.185. The van der Waals surface area contributed by atoms with Gasteiger partial charge in [-0.3, -0.25) is 4.79 Å². The van der Waals surface area contributed by atoms with E-state index in [2.05, 4.69) is 9.97 Å². The molecule has 0 saturated carbocycles. The molecule has 4 aromatic rings. The third kappa shape index (κ3) is 11.9. The number of esters is 1. The Labute approximate surface area is 234 Å². The van der Waals surface area contributed by atoms with Gasteiger partial charge in [-0.05, 0) is 43.7 Å². The van der Waals surface area contributed by atoms with E-state index in [1.165, 1.54) is 24.3 Å². The molecule has 0 aliphatic heterocycles. The van der Waals surface area contributed by atoms with E-state index in [-0.39, 0.29) is 16.4 Å². The first-order valence-electron chi connectivity index (χ1n) is 11.9. The summed E-state index contributed by atoms with van der Waals surface area (Å²) in [5.74, 6) is -0.415. The number of primary sulfonamides is 2. The molecule has 0 amide bonds. The molecule has 3 aromatic carbocycles. The highest BCUT2D eigenvalue weighted by atomic mass is 32.2. The van der Waals surface area contributed by atoms with E-state index in [0.29, 0.717) is 6.42 Å². The van der Waals surface area contributed by atoms with Crippen LogP contribution in [-0.4, -0.2) is 38.8 Å². The smallest absolute Gasteiger partial charge is 0.323 e. The number of carbonyl (C=O) groups excluding carboxylic acids is 1. The predicted molar refractivity (Wildman–Crippen MR) is 152 cm³/mol. The summed E-state index contributed by atoms with van der Waals surface area (Å²) in [5.41, 5.74) is 9.46. The Kier molecular flexibility index (Phi) is 12.2. The zero-order chi connectivity index (χ0) is 29.8. The number of ether oxygens (including phenoxy) is 1. The number of hydrogen-bond donors (Lipinski definition) is 4. The topological polar surface area (TPSA) is 201 Å². The van der Waals surface area contributed by atoms with Gasteiger partial charge < -0.3 is 15.5 Å². The maximum absolute atomic E-state index is 11.7. The van der Waals surface area contributed by atoms with Crippen molar-refractivity contribution in [2.24, 2.45) is 16.0 Å². The largest absolute Gasteiger partial charge is 0.460 e. The van der Waals surface area contributed by atoms with Gasteiger partial charge in [0.25, 0.3) is 0 Å². The quantitative estimate of drug-likeness (QED) is 0.236. The average Bonchev–Trinajstić information content (AvgIpc) is 3.41. The first-order chi connectivity index (χ1) is 18.8. The molecule has 214 valence electrons. The molecule has 0 fully saturated rings. The van der Waals surface area contributed by atoms with Crippen LogP contribution in [0.1, 0.15) is 22.4 Å². The second kappa shape index (κ2) is 15.1. The van der Waals surface area contributed by atoms with Crippen LogP contribution in [0.3, 0.4) is 0 Å². The number of nitrogens with one attached hydrogen (secondary N) is 1. The van der Waals surface area contributed by atoms with E-state index >= 15 is 0 Å². The van der Waals surface area contributed by atoms with Crippen LogP contribution in [0.25, 0.3) is 0 Å². The van der Waals surface area contributed by atoms with Crippen molar-refractivity contribution >= 4 is 26.0 Å². The van der Waals surface area contributed by atoms with Gasteiger partial charge in [0.2, 0.25) is 20.0 Å². The molecule has 0 aliphatic rings. The highest BCUT2D eigenvalue weighted by molar-refractivity contribution is 7.89. The van der Waals surface area contributed by atoms with Crippen LogP contribution in [0, 0.1) is 13.8 Å². The molecule has 40 heavy (non-hydrogen) atoms. The van der Waals surface area contributed by atoms with Crippen LogP contribution in [0.15, 0.2) is 101 Å². The Morgan fingerprint density at radius 2 is 1.30 bits per heavy atom. The number of sulfonamides is 2. The third-order valence-electron chi connectivity index (χ3n) is 5.21. The van der Waals surface area contributed by atoms with Crippen LogP contribution in [0.2, 0.25) is 0 Å². The second-order valence-electron chi connectivity index (χ2n) is 8.68. The van der Waals surface area contributed by atoms with Gasteiger partial charge in [-0.25, -0.2) is 32.1 Å². The molecule has 11 nitrogen and oxygen atoms in total. The van der Waals surface area contributed by atoms with Crippen LogP contribution in [0.5, 0.6) is 0 Å². The molecule has 0 aliphatic carbocycles. The molecule has 0 spiro atoms. The molecule has 0 saturated heterocycles. The number of imidazole rings is 1. The monoisotopic (exact) mass is 587 g/mol. The summed E-state index contributed by atoms with van der Waals surface area (Å²) in [4.78, 5) is 18.8. The molecule has 13 heteroatoms. The molecule has 7 N–H and O–H groups in total. The van der Waals surface area contributed by atoms with Crippen molar-refractivity contribution < 1.29 is 26.4 Å². The van der Waals surface area contributed by atoms with Gasteiger partial charge in [-0.15, -0.1) is 0 Å². The maximum Gasteiger partial charge on any atom is 0.323 e. The van der Waals surface area contributed by atoms with E-state index < -0.39 is 32.1 Å². The number of nitrogens with two attached hydrogens (primary N) is 3. The van der Waals surface area contributed by atoms with E-state index in [1.54, 1.807) is 36.8 Å². The van der Waals surface area contributed by atoms with Gasteiger partial charge >= 0.3 is 5.97 Å². The molecule has 1 aromatic heterocycles. The Morgan fingerprint density at radius 1 is 0.825 bits per heavy atom. The summed E-state index contributed by atoms with van der Waals surface area (Å²) in [7, 11) is -7.04. The minimum Gasteiger partial charge on any atom is -0.460 e. The molecule has 4 rings (SSSR count). The Bertz CT molecular complexity index is 1470. The van der Waals surface area contributed by atoms with Gasteiger partial charge in [0.15, 0.2) is 0 Å².